The minimum Gasteiger partial charge on any atom is -0.451 e. The van der Waals surface area contributed by atoms with E-state index in [1.54, 1.807) is 17.0 Å². The van der Waals surface area contributed by atoms with Crippen LogP contribution in [0.5, 0.6) is 0 Å². The molecule has 1 aliphatic rings. The maximum atomic E-state index is 12.0. The molecule has 110 valence electrons. The van der Waals surface area contributed by atoms with E-state index >= 15 is 0 Å². The van der Waals surface area contributed by atoms with Gasteiger partial charge in [0.1, 0.15) is 4.88 Å². The van der Waals surface area contributed by atoms with Crippen LogP contribution in [0.2, 0.25) is 4.34 Å². The third-order valence-electron chi connectivity index (χ3n) is 2.87. The van der Waals surface area contributed by atoms with Gasteiger partial charge in [-0.25, -0.2) is 4.79 Å². The number of carbonyl (C=O) groups excluding carboxylic acids is 2. The average molecular weight is 318 g/mol. The summed E-state index contributed by atoms with van der Waals surface area (Å²) in [6, 6.07) is 3.20. The predicted octanol–water partition coefficient (Wildman–Crippen LogP) is 2.19. The Morgan fingerprint density at radius 1 is 1.40 bits per heavy atom. The van der Waals surface area contributed by atoms with Crippen molar-refractivity contribution in [2.45, 2.75) is 26.1 Å². The number of carbonyl (C=O) groups is 2. The van der Waals surface area contributed by atoms with Crippen molar-refractivity contribution in [3.8, 4) is 0 Å². The molecule has 1 saturated heterocycles. The number of halogens is 1. The van der Waals surface area contributed by atoms with E-state index < -0.39 is 5.97 Å². The molecule has 1 amide bonds. The molecule has 0 radical (unpaired) electrons. The second kappa shape index (κ2) is 6.56. The van der Waals surface area contributed by atoms with Gasteiger partial charge in [0.25, 0.3) is 5.91 Å². The molecule has 0 spiro atoms. The highest BCUT2D eigenvalue weighted by Crippen LogP contribution is 2.22. The van der Waals surface area contributed by atoms with Crippen LogP contribution in [0.1, 0.15) is 23.5 Å². The first-order valence-corrected chi connectivity index (χ1v) is 7.51. The fraction of sp³-hybridized carbons (Fsp3) is 0.538. The molecule has 0 aliphatic carbocycles. The van der Waals surface area contributed by atoms with E-state index in [1.807, 2.05) is 13.8 Å². The van der Waals surface area contributed by atoms with Crippen LogP contribution >= 0.6 is 22.9 Å². The number of rotatable bonds is 3. The molecule has 2 rings (SSSR count). The SMILES string of the molecule is CC1CN(C(=O)COC(=O)c2ccc(Cl)s2)CC(C)O1. The number of amides is 1. The van der Waals surface area contributed by atoms with Crippen LogP contribution in [0.3, 0.4) is 0 Å². The molecule has 5 nitrogen and oxygen atoms in total. The van der Waals surface area contributed by atoms with Gasteiger partial charge in [-0.15, -0.1) is 11.3 Å². The molecule has 7 heteroatoms. The van der Waals surface area contributed by atoms with Gasteiger partial charge in [0, 0.05) is 13.1 Å². The zero-order chi connectivity index (χ0) is 14.7. The fourth-order valence-electron chi connectivity index (χ4n) is 2.10. The molecule has 0 bridgehead atoms. The monoisotopic (exact) mass is 317 g/mol. The van der Waals surface area contributed by atoms with Gasteiger partial charge >= 0.3 is 5.97 Å². The molecule has 0 N–H and O–H groups in total. The lowest BCUT2D eigenvalue weighted by molar-refractivity contribution is -0.146. The molecule has 1 aromatic heterocycles. The summed E-state index contributed by atoms with van der Waals surface area (Å²) in [5.74, 6) is -0.729. The van der Waals surface area contributed by atoms with Crippen molar-refractivity contribution < 1.29 is 19.1 Å². The second-order valence-corrected chi connectivity index (χ2v) is 6.45. The Kier molecular flexibility index (Phi) is 5.01. The second-order valence-electron chi connectivity index (χ2n) is 4.74. The van der Waals surface area contributed by atoms with Crippen LogP contribution < -0.4 is 0 Å². The van der Waals surface area contributed by atoms with Gasteiger partial charge in [0.15, 0.2) is 6.61 Å². The third-order valence-corrected chi connectivity index (χ3v) is 4.08. The van der Waals surface area contributed by atoms with Gasteiger partial charge in [0.05, 0.1) is 16.5 Å². The van der Waals surface area contributed by atoms with Gasteiger partial charge in [-0.2, -0.15) is 0 Å². The van der Waals surface area contributed by atoms with E-state index in [0.29, 0.717) is 22.3 Å². The van der Waals surface area contributed by atoms with Crippen molar-refractivity contribution in [2.24, 2.45) is 0 Å². The molecular formula is C13H16ClNO4S. The highest BCUT2D eigenvalue weighted by atomic mass is 35.5. The number of esters is 1. The van der Waals surface area contributed by atoms with Crippen molar-refractivity contribution in [1.82, 2.24) is 4.90 Å². The molecule has 0 aromatic carbocycles. The van der Waals surface area contributed by atoms with Crippen LogP contribution in [0, 0.1) is 0 Å². The zero-order valence-electron chi connectivity index (χ0n) is 11.3. The van der Waals surface area contributed by atoms with Gasteiger partial charge < -0.3 is 14.4 Å². The molecule has 20 heavy (non-hydrogen) atoms. The lowest BCUT2D eigenvalue weighted by Gasteiger charge is -2.35. The lowest BCUT2D eigenvalue weighted by Crippen LogP contribution is -2.49. The largest absolute Gasteiger partial charge is 0.451 e. The summed E-state index contributed by atoms with van der Waals surface area (Å²) in [6.07, 6.45) is -0.0102. The fourth-order valence-corrected chi connectivity index (χ4v) is 3.03. The average Bonchev–Trinajstić information content (AvgIpc) is 2.81. The van der Waals surface area contributed by atoms with Crippen molar-refractivity contribution >= 4 is 34.8 Å². The van der Waals surface area contributed by atoms with Gasteiger partial charge in [0.2, 0.25) is 0 Å². The number of nitrogens with zero attached hydrogens (tertiary/aromatic N) is 1. The van der Waals surface area contributed by atoms with E-state index in [4.69, 9.17) is 21.1 Å². The topological polar surface area (TPSA) is 55.8 Å². The molecule has 1 aliphatic heterocycles. The van der Waals surface area contributed by atoms with E-state index in [0.717, 1.165) is 11.3 Å². The van der Waals surface area contributed by atoms with Crippen molar-refractivity contribution in [3.63, 3.8) is 0 Å². The minimum atomic E-state index is -0.524. The van der Waals surface area contributed by atoms with Crippen molar-refractivity contribution in [2.75, 3.05) is 19.7 Å². The third kappa shape index (κ3) is 3.94. The summed E-state index contributed by atoms with van der Waals surface area (Å²) < 4.78 is 11.1. The summed E-state index contributed by atoms with van der Waals surface area (Å²) in [7, 11) is 0. The Labute approximate surface area is 126 Å². The van der Waals surface area contributed by atoms with Gasteiger partial charge in [-0.3, -0.25) is 4.79 Å². The number of morpholine rings is 1. The maximum Gasteiger partial charge on any atom is 0.348 e. The zero-order valence-corrected chi connectivity index (χ0v) is 12.9. The number of hydrogen-bond acceptors (Lipinski definition) is 5. The lowest BCUT2D eigenvalue weighted by atomic mass is 10.2. The maximum absolute atomic E-state index is 12.0. The van der Waals surface area contributed by atoms with Crippen molar-refractivity contribution in [3.05, 3.63) is 21.3 Å². The van der Waals surface area contributed by atoms with Crippen LogP contribution in [0.4, 0.5) is 0 Å². The first kappa shape index (κ1) is 15.3. The van der Waals surface area contributed by atoms with E-state index in [9.17, 15) is 9.59 Å². The summed E-state index contributed by atoms with van der Waals surface area (Å²) in [6.45, 7) is 4.61. The molecule has 2 unspecified atom stereocenters. The molecule has 2 atom stereocenters. The van der Waals surface area contributed by atoms with Crippen LogP contribution in [-0.4, -0.2) is 48.7 Å². The molecular weight excluding hydrogens is 302 g/mol. The number of hydrogen-bond donors (Lipinski definition) is 0. The highest BCUT2D eigenvalue weighted by Gasteiger charge is 2.26. The highest BCUT2D eigenvalue weighted by molar-refractivity contribution is 7.17. The summed E-state index contributed by atoms with van der Waals surface area (Å²) in [5.41, 5.74) is 0. The Balaban J connectivity index is 1.84. The quantitative estimate of drug-likeness (QED) is 0.802. The van der Waals surface area contributed by atoms with Crippen LogP contribution in [0.25, 0.3) is 0 Å². The van der Waals surface area contributed by atoms with E-state index in [1.165, 1.54) is 0 Å². The number of thiophene rings is 1. The smallest absolute Gasteiger partial charge is 0.348 e. The minimum absolute atomic E-state index is 0.00509. The number of ether oxygens (including phenoxy) is 2. The molecule has 2 heterocycles. The molecule has 1 aromatic rings. The predicted molar refractivity (Wildman–Crippen MR) is 76.2 cm³/mol. The summed E-state index contributed by atoms with van der Waals surface area (Å²) >= 11 is 6.87. The first-order chi connectivity index (χ1) is 9.45. The van der Waals surface area contributed by atoms with E-state index in [-0.39, 0.29) is 24.7 Å². The van der Waals surface area contributed by atoms with Gasteiger partial charge in [-0.05, 0) is 26.0 Å². The standard InChI is InChI=1S/C13H16ClNO4S/c1-8-5-15(6-9(2)19-8)12(16)7-18-13(17)10-3-4-11(14)20-10/h3-4,8-9H,5-7H2,1-2H3. The van der Waals surface area contributed by atoms with Crippen LogP contribution in [0.15, 0.2) is 12.1 Å². The van der Waals surface area contributed by atoms with Crippen LogP contribution in [-0.2, 0) is 14.3 Å². The van der Waals surface area contributed by atoms with E-state index in [2.05, 4.69) is 0 Å². The Morgan fingerprint density at radius 2 is 2.05 bits per heavy atom. The van der Waals surface area contributed by atoms with Crippen molar-refractivity contribution in [1.29, 1.82) is 0 Å². The normalized spacial score (nSPS) is 22.6. The Bertz CT molecular complexity index is 494. The summed E-state index contributed by atoms with van der Waals surface area (Å²) in [5, 5.41) is 0. The summed E-state index contributed by atoms with van der Waals surface area (Å²) in [4.78, 5) is 25.8. The first-order valence-electron chi connectivity index (χ1n) is 6.31. The van der Waals surface area contributed by atoms with Gasteiger partial charge in [-0.1, -0.05) is 11.6 Å². The molecule has 1 fully saturated rings. The Morgan fingerprint density at radius 3 is 2.60 bits per heavy atom. The Hall–Kier alpha value is -1.11. The molecule has 0 saturated carbocycles.